The van der Waals surface area contributed by atoms with Crippen LogP contribution in [-0.4, -0.2) is 16.7 Å². The Morgan fingerprint density at radius 3 is 2.17 bits per heavy atom. The van der Waals surface area contributed by atoms with Crippen molar-refractivity contribution >= 4 is 28.8 Å². The third-order valence-electron chi connectivity index (χ3n) is 3.69. The van der Waals surface area contributed by atoms with Gasteiger partial charge in [-0.1, -0.05) is 18.2 Å². The van der Waals surface area contributed by atoms with E-state index < -0.39 is 0 Å². The second-order valence-electron chi connectivity index (χ2n) is 5.43. The number of benzene rings is 2. The summed E-state index contributed by atoms with van der Waals surface area (Å²) >= 11 is 0. The minimum Gasteiger partial charge on any atom is -0.399 e. The van der Waals surface area contributed by atoms with Gasteiger partial charge in [0, 0.05) is 28.8 Å². The van der Waals surface area contributed by atoms with Crippen molar-refractivity contribution in [3.05, 3.63) is 78.1 Å². The Balaban J connectivity index is 2.05. The summed E-state index contributed by atoms with van der Waals surface area (Å²) < 4.78 is 0. The highest BCUT2D eigenvalue weighted by Gasteiger charge is 2.21. The monoisotopic (exact) mass is 319 g/mol. The third kappa shape index (κ3) is 3.05. The molecular formula is C19H17N3O2. The Morgan fingerprint density at radius 1 is 0.958 bits per heavy atom. The lowest BCUT2D eigenvalue weighted by Gasteiger charge is -2.22. The molecule has 0 unspecified atom stereocenters. The Morgan fingerprint density at radius 2 is 1.58 bits per heavy atom. The Hall–Kier alpha value is -3.34. The first-order valence-electron chi connectivity index (χ1n) is 7.50. The lowest BCUT2D eigenvalue weighted by molar-refractivity contribution is 0.0994. The molecule has 1 aromatic heterocycles. The molecule has 1 amide bonds. The maximum absolute atomic E-state index is 13.0. The van der Waals surface area contributed by atoms with Gasteiger partial charge in [0.25, 0.3) is 5.91 Å². The normalized spacial score (nSPS) is 10.4. The highest BCUT2D eigenvalue weighted by atomic mass is 16.2. The first-order chi connectivity index (χ1) is 11.6. The number of para-hydroxylation sites is 1. The van der Waals surface area contributed by atoms with E-state index in [2.05, 4.69) is 4.98 Å². The molecule has 0 bridgehead atoms. The smallest absolute Gasteiger partial charge is 0.279 e. The van der Waals surface area contributed by atoms with E-state index in [1.54, 1.807) is 41.4 Å². The SMILES string of the molecule is CC(=O)c1c[nH]c(C(=O)N(c2ccccc2)c2ccc(N)cc2)c1. The molecule has 5 heteroatoms. The largest absolute Gasteiger partial charge is 0.399 e. The summed E-state index contributed by atoms with van der Waals surface area (Å²) in [5.41, 5.74) is 8.61. The highest BCUT2D eigenvalue weighted by molar-refractivity contribution is 6.11. The van der Waals surface area contributed by atoms with Gasteiger partial charge in [-0.2, -0.15) is 0 Å². The summed E-state index contributed by atoms with van der Waals surface area (Å²) in [5.74, 6) is -0.345. The molecule has 0 fully saturated rings. The van der Waals surface area contributed by atoms with Crippen LogP contribution in [0.3, 0.4) is 0 Å². The number of rotatable bonds is 4. The second-order valence-corrected chi connectivity index (χ2v) is 5.43. The molecule has 2 aromatic carbocycles. The minimum atomic E-state index is -0.251. The zero-order chi connectivity index (χ0) is 17.1. The number of aromatic amines is 1. The standard InChI is InChI=1S/C19H17N3O2/c1-13(23)14-11-18(21-12-14)19(24)22(16-5-3-2-4-6-16)17-9-7-15(20)8-10-17/h2-12,21H,20H2,1H3. The molecule has 1 heterocycles. The van der Waals surface area contributed by atoms with Gasteiger partial charge >= 0.3 is 0 Å². The topological polar surface area (TPSA) is 79.2 Å². The van der Waals surface area contributed by atoms with Crippen molar-refractivity contribution in [2.45, 2.75) is 6.92 Å². The van der Waals surface area contributed by atoms with Gasteiger partial charge in [-0.25, -0.2) is 0 Å². The van der Waals surface area contributed by atoms with Crippen LogP contribution >= 0.6 is 0 Å². The summed E-state index contributed by atoms with van der Waals surface area (Å²) in [5, 5.41) is 0. The van der Waals surface area contributed by atoms with Crippen LogP contribution in [-0.2, 0) is 0 Å². The zero-order valence-electron chi connectivity index (χ0n) is 13.2. The molecule has 3 rings (SSSR count). The first kappa shape index (κ1) is 15.6. The third-order valence-corrected chi connectivity index (χ3v) is 3.69. The van der Waals surface area contributed by atoms with Crippen molar-refractivity contribution in [1.29, 1.82) is 0 Å². The number of hydrogen-bond donors (Lipinski definition) is 2. The number of Topliss-reactive ketones (excluding diaryl/α,β-unsaturated/α-hetero) is 1. The summed E-state index contributed by atoms with van der Waals surface area (Å²) in [6, 6.07) is 17.9. The van der Waals surface area contributed by atoms with Gasteiger partial charge in [0.2, 0.25) is 0 Å². The van der Waals surface area contributed by atoms with Gasteiger partial charge in [0.1, 0.15) is 5.69 Å². The predicted octanol–water partition coefficient (Wildman–Crippen LogP) is 3.78. The highest BCUT2D eigenvalue weighted by Crippen LogP contribution is 2.28. The molecule has 0 radical (unpaired) electrons. The number of nitrogens with zero attached hydrogens (tertiary/aromatic N) is 1. The molecule has 0 aliphatic carbocycles. The zero-order valence-corrected chi connectivity index (χ0v) is 13.2. The molecular weight excluding hydrogens is 302 g/mol. The molecule has 0 saturated carbocycles. The number of carbonyl (C=O) groups excluding carboxylic acids is 2. The van der Waals surface area contributed by atoms with Gasteiger partial charge in [-0.15, -0.1) is 0 Å². The van der Waals surface area contributed by atoms with Crippen LogP contribution in [0.15, 0.2) is 66.9 Å². The van der Waals surface area contributed by atoms with Crippen molar-refractivity contribution < 1.29 is 9.59 Å². The maximum Gasteiger partial charge on any atom is 0.279 e. The fraction of sp³-hybridized carbons (Fsp3) is 0.0526. The fourth-order valence-electron chi connectivity index (χ4n) is 2.43. The van der Waals surface area contributed by atoms with Gasteiger partial charge in [-0.3, -0.25) is 14.5 Å². The van der Waals surface area contributed by atoms with E-state index in [0.717, 1.165) is 5.69 Å². The summed E-state index contributed by atoms with van der Waals surface area (Å²) in [7, 11) is 0. The number of anilines is 3. The molecule has 3 N–H and O–H groups in total. The average Bonchev–Trinajstić information content (AvgIpc) is 3.08. The van der Waals surface area contributed by atoms with Gasteiger partial charge in [0.15, 0.2) is 5.78 Å². The number of nitrogens with two attached hydrogens (primary N) is 1. The second kappa shape index (κ2) is 6.42. The number of aromatic nitrogens is 1. The summed E-state index contributed by atoms with van der Waals surface area (Å²) in [6.07, 6.45) is 1.54. The van der Waals surface area contributed by atoms with Crippen LogP contribution < -0.4 is 10.6 Å². The fourth-order valence-corrected chi connectivity index (χ4v) is 2.43. The molecule has 0 spiro atoms. The molecule has 0 aliphatic rings. The van der Waals surface area contributed by atoms with Crippen LogP contribution in [0, 0.1) is 0 Å². The first-order valence-corrected chi connectivity index (χ1v) is 7.50. The van der Waals surface area contributed by atoms with E-state index in [1.807, 2.05) is 30.3 Å². The van der Waals surface area contributed by atoms with Gasteiger partial charge < -0.3 is 10.7 Å². The van der Waals surface area contributed by atoms with Crippen LogP contribution in [0.25, 0.3) is 0 Å². The van der Waals surface area contributed by atoms with E-state index in [-0.39, 0.29) is 11.7 Å². The lowest BCUT2D eigenvalue weighted by Crippen LogP contribution is -2.26. The van der Waals surface area contributed by atoms with E-state index in [9.17, 15) is 9.59 Å². The molecule has 5 nitrogen and oxygen atoms in total. The number of ketones is 1. The Kier molecular flexibility index (Phi) is 4.16. The number of hydrogen-bond acceptors (Lipinski definition) is 3. The molecule has 0 saturated heterocycles. The van der Waals surface area contributed by atoms with Crippen molar-refractivity contribution in [3.8, 4) is 0 Å². The number of nitrogens with one attached hydrogen (secondary N) is 1. The molecule has 120 valence electrons. The van der Waals surface area contributed by atoms with Crippen molar-refractivity contribution in [3.63, 3.8) is 0 Å². The summed E-state index contributed by atoms with van der Waals surface area (Å²) in [4.78, 5) is 28.9. The number of nitrogen functional groups attached to an aromatic ring is 1. The Labute approximate surface area is 139 Å². The number of H-pyrrole nitrogens is 1. The number of amides is 1. The van der Waals surface area contributed by atoms with Crippen LogP contribution in [0.1, 0.15) is 27.8 Å². The average molecular weight is 319 g/mol. The van der Waals surface area contributed by atoms with E-state index in [0.29, 0.717) is 22.6 Å². The quantitative estimate of drug-likeness (QED) is 0.567. The van der Waals surface area contributed by atoms with Crippen LogP contribution in [0.5, 0.6) is 0 Å². The van der Waals surface area contributed by atoms with Crippen molar-refractivity contribution in [1.82, 2.24) is 4.98 Å². The van der Waals surface area contributed by atoms with E-state index >= 15 is 0 Å². The van der Waals surface area contributed by atoms with Crippen molar-refractivity contribution in [2.24, 2.45) is 0 Å². The summed E-state index contributed by atoms with van der Waals surface area (Å²) in [6.45, 7) is 1.46. The molecule has 0 aliphatic heterocycles. The van der Waals surface area contributed by atoms with Gasteiger partial charge in [-0.05, 0) is 49.4 Å². The lowest BCUT2D eigenvalue weighted by atomic mass is 10.2. The van der Waals surface area contributed by atoms with Crippen molar-refractivity contribution in [2.75, 3.05) is 10.6 Å². The van der Waals surface area contributed by atoms with Crippen LogP contribution in [0.4, 0.5) is 17.1 Å². The number of carbonyl (C=O) groups is 2. The maximum atomic E-state index is 13.0. The van der Waals surface area contributed by atoms with Gasteiger partial charge in [0.05, 0.1) is 0 Å². The molecule has 24 heavy (non-hydrogen) atoms. The Bertz CT molecular complexity index is 867. The van der Waals surface area contributed by atoms with E-state index in [4.69, 9.17) is 5.73 Å². The van der Waals surface area contributed by atoms with Crippen LogP contribution in [0.2, 0.25) is 0 Å². The minimum absolute atomic E-state index is 0.0935. The molecule has 0 atom stereocenters. The predicted molar refractivity (Wildman–Crippen MR) is 94.6 cm³/mol. The van der Waals surface area contributed by atoms with E-state index in [1.165, 1.54) is 6.92 Å². The molecule has 3 aromatic rings.